The fourth-order valence-electron chi connectivity index (χ4n) is 2.41. The number of nitrogens with zero attached hydrogens (tertiary/aromatic N) is 2. The lowest BCUT2D eigenvalue weighted by atomic mass is 10.2. The minimum atomic E-state index is -5.20. The molecule has 1 saturated heterocycles. The maximum atomic E-state index is 12.0. The quantitative estimate of drug-likeness (QED) is 0.265. The van der Waals surface area contributed by atoms with E-state index in [4.69, 9.17) is 10.5 Å². The molecule has 30 heavy (non-hydrogen) atoms. The van der Waals surface area contributed by atoms with Crippen molar-refractivity contribution in [1.29, 1.82) is 0 Å². The van der Waals surface area contributed by atoms with Crippen LogP contribution in [0, 0.1) is 0 Å². The van der Waals surface area contributed by atoms with E-state index in [1.54, 1.807) is 0 Å². The van der Waals surface area contributed by atoms with Crippen LogP contribution in [0.1, 0.15) is 23.0 Å². The molecule has 0 radical (unpaired) electrons. The molecule has 1 aromatic rings. The predicted octanol–water partition coefficient (Wildman–Crippen LogP) is 0.0747. The van der Waals surface area contributed by atoms with Gasteiger partial charge in [0.1, 0.15) is 18.1 Å². The van der Waals surface area contributed by atoms with E-state index in [0.29, 0.717) is 6.29 Å². The number of carbonyl (C=O) groups is 1. The molecule has 15 nitrogen and oxygen atoms in total. The van der Waals surface area contributed by atoms with Crippen LogP contribution in [0.4, 0.5) is 5.82 Å². The summed E-state index contributed by atoms with van der Waals surface area (Å²) in [6.45, 7) is 1.17. The first kappa shape index (κ1) is 25.0. The third kappa shape index (κ3) is 6.89. The van der Waals surface area contributed by atoms with Crippen LogP contribution in [0.3, 0.4) is 0 Å². The number of phosphoric ester groups is 1. The molecule has 0 spiro atoms. The number of nitrogens with two attached hydrogens (primary N) is 1. The average molecular weight is 491 g/mol. The van der Waals surface area contributed by atoms with E-state index in [-0.39, 0.29) is 17.8 Å². The number of rotatable bonds is 9. The zero-order chi connectivity index (χ0) is 22.9. The highest BCUT2D eigenvalue weighted by Crippen LogP contribution is 2.66. The average Bonchev–Trinajstić information content (AvgIpc) is 2.90. The molecule has 2 heterocycles. The van der Waals surface area contributed by atoms with Gasteiger partial charge in [-0.3, -0.25) is 18.5 Å². The van der Waals surface area contributed by atoms with Gasteiger partial charge in [-0.05, 0) is 0 Å². The Morgan fingerprint density at radius 2 is 1.93 bits per heavy atom. The Labute approximate surface area is 169 Å². The van der Waals surface area contributed by atoms with Crippen molar-refractivity contribution in [1.82, 2.24) is 9.55 Å². The summed E-state index contributed by atoms with van der Waals surface area (Å²) in [4.78, 5) is 45.3. The van der Waals surface area contributed by atoms with E-state index < -0.39 is 53.7 Å². The number of hydrogen-bond donors (Lipinski definition) is 4. The zero-order valence-corrected chi connectivity index (χ0v) is 18.3. The number of aromatic nitrogens is 2. The van der Waals surface area contributed by atoms with Crippen molar-refractivity contribution in [3.63, 3.8) is 0 Å². The van der Waals surface area contributed by atoms with E-state index in [0.717, 1.165) is 24.1 Å². The molecule has 5 atom stereocenters. The molecule has 0 aliphatic carbocycles. The second kappa shape index (κ2) is 9.09. The molecule has 2 rings (SSSR count). The van der Waals surface area contributed by atoms with Crippen LogP contribution >= 0.6 is 23.0 Å². The first-order valence-corrected chi connectivity index (χ1v) is 13.6. The van der Waals surface area contributed by atoms with Crippen molar-refractivity contribution >= 4 is 35.1 Å². The van der Waals surface area contributed by atoms with Crippen LogP contribution in [0.2, 0.25) is 0 Å². The number of carbonyl (C=O) groups excluding carboxylic acids is 1. The van der Waals surface area contributed by atoms with E-state index in [1.807, 2.05) is 0 Å². The summed E-state index contributed by atoms with van der Waals surface area (Å²) in [5.74, 6) is -0.289. The molecule has 1 aliphatic heterocycles. The van der Waals surface area contributed by atoms with Gasteiger partial charge in [0.05, 0.1) is 18.3 Å². The van der Waals surface area contributed by atoms with Gasteiger partial charge in [-0.15, -0.1) is 0 Å². The number of hydrogen-bond acceptors (Lipinski definition) is 12. The van der Waals surface area contributed by atoms with Crippen molar-refractivity contribution in [3.05, 3.63) is 22.2 Å². The van der Waals surface area contributed by atoms with Gasteiger partial charge in [-0.2, -0.15) is 9.29 Å². The summed E-state index contributed by atoms with van der Waals surface area (Å²) >= 11 is 0. The molecule has 5 unspecified atom stereocenters. The molecule has 170 valence electrons. The van der Waals surface area contributed by atoms with Crippen LogP contribution in [0.15, 0.2) is 11.0 Å². The third-order valence-electron chi connectivity index (χ3n) is 3.56. The number of anilines is 1. The van der Waals surface area contributed by atoms with E-state index in [2.05, 4.69) is 18.1 Å². The number of phosphoric acid groups is 2. The maximum Gasteiger partial charge on any atom is 0.486 e. The maximum absolute atomic E-state index is 12.0. The first-order chi connectivity index (χ1) is 13.6. The first-order valence-electron chi connectivity index (χ1n) is 8.07. The minimum Gasteiger partial charge on any atom is -0.390 e. The second-order valence-electron chi connectivity index (χ2n) is 6.47. The Kier molecular flexibility index (Phi) is 7.58. The molecular formula is C12H20N3O12P3. The Balaban J connectivity index is 2.05. The molecule has 18 heteroatoms. The molecular weight excluding hydrogens is 471 g/mol. The number of aldehydes is 1. The summed E-state index contributed by atoms with van der Waals surface area (Å²) < 4.78 is 54.0. The predicted molar refractivity (Wildman–Crippen MR) is 100 cm³/mol. The molecule has 0 aromatic carbocycles. The Morgan fingerprint density at radius 3 is 2.50 bits per heavy atom. The monoisotopic (exact) mass is 491 g/mol. The van der Waals surface area contributed by atoms with E-state index in [1.165, 1.54) is 0 Å². The van der Waals surface area contributed by atoms with Gasteiger partial charge >= 0.3 is 21.3 Å². The van der Waals surface area contributed by atoms with Gasteiger partial charge in [-0.1, -0.05) is 0 Å². The Bertz CT molecular complexity index is 1010. The normalized spacial score (nSPS) is 26.1. The van der Waals surface area contributed by atoms with Crippen LogP contribution in [0.5, 0.6) is 0 Å². The molecule has 5 N–H and O–H groups in total. The summed E-state index contributed by atoms with van der Waals surface area (Å²) in [6.07, 6.45) is -2.39. The number of aliphatic hydroxyl groups is 1. The summed E-state index contributed by atoms with van der Waals surface area (Å²) in [5, 5.41) is 10.1. The lowest BCUT2D eigenvalue weighted by Crippen LogP contribution is -2.29. The van der Waals surface area contributed by atoms with Crippen molar-refractivity contribution in [2.24, 2.45) is 0 Å². The van der Waals surface area contributed by atoms with Gasteiger partial charge in [0.2, 0.25) is 7.37 Å². The van der Waals surface area contributed by atoms with Crippen LogP contribution < -0.4 is 11.4 Å². The minimum absolute atomic E-state index is 0.0940. The van der Waals surface area contributed by atoms with Crippen LogP contribution in [-0.2, 0) is 31.6 Å². The lowest BCUT2D eigenvalue weighted by Gasteiger charge is -2.20. The molecule has 1 aliphatic rings. The fourth-order valence-corrected chi connectivity index (χ4v) is 6.36. The zero-order valence-electron chi connectivity index (χ0n) is 15.6. The highest BCUT2D eigenvalue weighted by molar-refractivity contribution is 7.70. The SMILES string of the molecule is CP(C)(=O)OP(=O)(O)OP(=O)(O)OCC1OC(n2cc(C=O)c(N)nc2=O)CC1O. The molecule has 0 amide bonds. The fraction of sp³-hybridized carbons (Fsp3) is 0.583. The number of nitrogen functional groups attached to an aromatic ring is 1. The lowest BCUT2D eigenvalue weighted by molar-refractivity contribution is -0.0449. The standard InChI is InChI=1S/C12H20N3O12P3/c1-28(2,19)26-30(22,23)27-29(20,21)24-6-9-8(17)3-10(25-9)15-4-7(5-16)11(13)14-12(15)18/h4-5,8-10,17H,3,6H2,1-2H3,(H,20,21)(H,22,23)(H2,13,14,18). The molecule has 0 bridgehead atoms. The largest absolute Gasteiger partial charge is 0.486 e. The van der Waals surface area contributed by atoms with Crippen LogP contribution in [-0.4, -0.2) is 62.9 Å². The molecule has 0 saturated carbocycles. The van der Waals surface area contributed by atoms with Gasteiger partial charge < -0.3 is 25.4 Å². The van der Waals surface area contributed by atoms with Gasteiger partial charge in [0.25, 0.3) is 0 Å². The topological polar surface area (TPSA) is 227 Å². The Hall–Kier alpha value is -1.24. The smallest absolute Gasteiger partial charge is 0.390 e. The third-order valence-corrected chi connectivity index (χ3v) is 8.09. The van der Waals surface area contributed by atoms with Crippen molar-refractivity contribution < 1.29 is 51.3 Å². The highest BCUT2D eigenvalue weighted by atomic mass is 31.3. The summed E-state index contributed by atoms with van der Waals surface area (Å²) in [7, 11) is -13.9. The highest BCUT2D eigenvalue weighted by Gasteiger charge is 2.41. The van der Waals surface area contributed by atoms with Crippen molar-refractivity contribution in [2.75, 3.05) is 25.7 Å². The van der Waals surface area contributed by atoms with Crippen molar-refractivity contribution in [3.8, 4) is 0 Å². The summed E-state index contributed by atoms with van der Waals surface area (Å²) in [5.41, 5.74) is 4.47. The van der Waals surface area contributed by atoms with Gasteiger partial charge in [0.15, 0.2) is 6.29 Å². The Morgan fingerprint density at radius 1 is 1.30 bits per heavy atom. The number of aliphatic hydroxyl groups excluding tert-OH is 1. The van der Waals surface area contributed by atoms with E-state index in [9.17, 15) is 38.2 Å². The van der Waals surface area contributed by atoms with Gasteiger partial charge in [0, 0.05) is 25.9 Å². The molecule has 1 aromatic heterocycles. The van der Waals surface area contributed by atoms with Gasteiger partial charge in [-0.25, -0.2) is 18.2 Å². The number of ether oxygens (including phenoxy) is 1. The van der Waals surface area contributed by atoms with E-state index >= 15 is 0 Å². The summed E-state index contributed by atoms with van der Waals surface area (Å²) in [6, 6.07) is 0. The van der Waals surface area contributed by atoms with Crippen LogP contribution in [0.25, 0.3) is 0 Å². The van der Waals surface area contributed by atoms with Crippen molar-refractivity contribution in [2.45, 2.75) is 24.9 Å². The molecule has 1 fully saturated rings. The second-order valence-corrected chi connectivity index (χ2v) is 12.4.